The number of hydrogen-bond donors (Lipinski definition) is 1. The van der Waals surface area contributed by atoms with Gasteiger partial charge in [-0.25, -0.2) is 9.97 Å². The topological polar surface area (TPSA) is 54.9 Å². The van der Waals surface area contributed by atoms with Gasteiger partial charge in [0.1, 0.15) is 11.4 Å². The number of benzene rings is 1. The molecule has 2 aromatic rings. The highest BCUT2D eigenvalue weighted by molar-refractivity contribution is 8.00. The predicted molar refractivity (Wildman–Crippen MR) is 78.1 cm³/mol. The van der Waals surface area contributed by atoms with E-state index in [4.69, 9.17) is 0 Å². The normalized spacial score (nSPS) is 12.6. The zero-order valence-corrected chi connectivity index (χ0v) is 12.1. The molecule has 2 rings (SSSR count). The van der Waals surface area contributed by atoms with Gasteiger partial charge in [-0.3, -0.25) is 4.79 Å². The van der Waals surface area contributed by atoms with Crippen molar-refractivity contribution in [3.8, 4) is 0 Å². The monoisotopic (exact) mass is 275 g/mol. The van der Waals surface area contributed by atoms with Crippen LogP contribution in [0.25, 0.3) is 10.9 Å². The lowest BCUT2D eigenvalue weighted by atomic mass is 10.2. The van der Waals surface area contributed by atoms with Crippen LogP contribution >= 0.6 is 11.8 Å². The highest BCUT2D eigenvalue weighted by atomic mass is 32.2. The first-order valence-corrected chi connectivity index (χ1v) is 7.12. The number of rotatable bonds is 4. The standard InChI is InChI=1S/C14H17N3OS/c1-9(2)17-13(18)10(3)19-14-11-6-4-5-7-12(11)15-8-16-14/h4-10H,1-3H3,(H,17,18). The molecule has 0 radical (unpaired) electrons. The van der Waals surface area contributed by atoms with Gasteiger partial charge in [-0.2, -0.15) is 0 Å². The first-order valence-electron chi connectivity index (χ1n) is 6.24. The van der Waals surface area contributed by atoms with Crippen molar-refractivity contribution in [1.29, 1.82) is 0 Å². The van der Waals surface area contributed by atoms with Crippen LogP contribution in [0, 0.1) is 0 Å². The van der Waals surface area contributed by atoms with E-state index in [1.165, 1.54) is 18.1 Å². The van der Waals surface area contributed by atoms with E-state index < -0.39 is 0 Å². The summed E-state index contributed by atoms with van der Waals surface area (Å²) >= 11 is 1.46. The van der Waals surface area contributed by atoms with Crippen LogP contribution in [0.4, 0.5) is 0 Å². The van der Waals surface area contributed by atoms with Crippen molar-refractivity contribution in [2.45, 2.75) is 37.1 Å². The number of hydrogen-bond acceptors (Lipinski definition) is 4. The summed E-state index contributed by atoms with van der Waals surface area (Å²) in [6.45, 7) is 5.80. The van der Waals surface area contributed by atoms with Gasteiger partial charge in [0.15, 0.2) is 0 Å². The molecular formula is C14H17N3OS. The molecule has 0 spiro atoms. The molecule has 1 N–H and O–H groups in total. The minimum atomic E-state index is -0.180. The van der Waals surface area contributed by atoms with E-state index >= 15 is 0 Å². The molecule has 0 aliphatic carbocycles. The fourth-order valence-corrected chi connectivity index (χ4v) is 2.61. The van der Waals surface area contributed by atoms with E-state index in [2.05, 4.69) is 15.3 Å². The molecule has 1 amide bonds. The smallest absolute Gasteiger partial charge is 0.233 e. The molecule has 19 heavy (non-hydrogen) atoms. The highest BCUT2D eigenvalue weighted by Crippen LogP contribution is 2.27. The maximum absolute atomic E-state index is 11.9. The summed E-state index contributed by atoms with van der Waals surface area (Å²) in [4.78, 5) is 20.4. The molecule has 0 saturated heterocycles. The molecule has 1 aromatic carbocycles. The molecule has 0 aliphatic rings. The van der Waals surface area contributed by atoms with Crippen molar-refractivity contribution >= 4 is 28.6 Å². The number of carbonyl (C=O) groups is 1. The van der Waals surface area contributed by atoms with Crippen molar-refractivity contribution in [2.75, 3.05) is 0 Å². The lowest BCUT2D eigenvalue weighted by Gasteiger charge is -2.14. The Balaban J connectivity index is 2.19. The SMILES string of the molecule is CC(C)NC(=O)C(C)Sc1ncnc2ccccc12. The second-order valence-corrected chi connectivity index (χ2v) is 5.95. The molecule has 5 heteroatoms. The molecule has 1 atom stereocenters. The van der Waals surface area contributed by atoms with E-state index in [1.54, 1.807) is 0 Å². The predicted octanol–water partition coefficient (Wildman–Crippen LogP) is 2.64. The summed E-state index contributed by atoms with van der Waals surface area (Å²) in [5.74, 6) is 0.0303. The van der Waals surface area contributed by atoms with Crippen molar-refractivity contribution < 1.29 is 4.79 Å². The fraction of sp³-hybridized carbons (Fsp3) is 0.357. The third kappa shape index (κ3) is 3.44. The molecule has 100 valence electrons. The van der Waals surface area contributed by atoms with E-state index in [0.29, 0.717) is 0 Å². The largest absolute Gasteiger partial charge is 0.353 e. The number of carbonyl (C=O) groups excluding carboxylic acids is 1. The number of thioether (sulfide) groups is 1. The van der Waals surface area contributed by atoms with Gasteiger partial charge in [-0.15, -0.1) is 0 Å². The Morgan fingerprint density at radius 2 is 1.95 bits per heavy atom. The quantitative estimate of drug-likeness (QED) is 0.688. The van der Waals surface area contributed by atoms with Gasteiger partial charge < -0.3 is 5.32 Å². The molecule has 4 nitrogen and oxygen atoms in total. The minimum Gasteiger partial charge on any atom is -0.353 e. The molecule has 1 unspecified atom stereocenters. The molecule has 1 aromatic heterocycles. The maximum Gasteiger partial charge on any atom is 0.233 e. The lowest BCUT2D eigenvalue weighted by Crippen LogP contribution is -2.35. The summed E-state index contributed by atoms with van der Waals surface area (Å²) in [5, 5.41) is 4.56. The summed E-state index contributed by atoms with van der Waals surface area (Å²) in [5.41, 5.74) is 0.900. The molecule has 0 aliphatic heterocycles. The van der Waals surface area contributed by atoms with Crippen molar-refractivity contribution in [3.63, 3.8) is 0 Å². The molecule has 0 bridgehead atoms. The first kappa shape index (κ1) is 13.8. The van der Waals surface area contributed by atoms with Gasteiger partial charge >= 0.3 is 0 Å². The Bertz CT molecular complexity index is 580. The van der Waals surface area contributed by atoms with Crippen LogP contribution in [0.5, 0.6) is 0 Å². The number of fused-ring (bicyclic) bond motifs is 1. The average Bonchev–Trinajstić information content (AvgIpc) is 2.38. The number of amides is 1. The molecule has 1 heterocycles. The Morgan fingerprint density at radius 1 is 1.21 bits per heavy atom. The van der Waals surface area contributed by atoms with Crippen molar-refractivity contribution in [2.24, 2.45) is 0 Å². The van der Waals surface area contributed by atoms with Gasteiger partial charge in [0.05, 0.1) is 10.8 Å². The molecule has 0 saturated carbocycles. The Kier molecular flexibility index (Phi) is 4.37. The number of para-hydroxylation sites is 1. The van der Waals surface area contributed by atoms with E-state index in [1.807, 2.05) is 45.0 Å². The van der Waals surface area contributed by atoms with E-state index in [-0.39, 0.29) is 17.2 Å². The van der Waals surface area contributed by atoms with Crippen LogP contribution in [0.2, 0.25) is 0 Å². The summed E-state index contributed by atoms with van der Waals surface area (Å²) in [6.07, 6.45) is 1.54. The molecular weight excluding hydrogens is 258 g/mol. The van der Waals surface area contributed by atoms with Crippen molar-refractivity contribution in [3.05, 3.63) is 30.6 Å². The van der Waals surface area contributed by atoms with Gasteiger partial charge in [-0.1, -0.05) is 30.0 Å². The van der Waals surface area contributed by atoms with Gasteiger partial charge in [-0.05, 0) is 26.8 Å². The minimum absolute atomic E-state index is 0.0303. The van der Waals surface area contributed by atoms with Crippen LogP contribution in [-0.4, -0.2) is 27.2 Å². The summed E-state index contributed by atoms with van der Waals surface area (Å²) < 4.78 is 0. The second-order valence-electron chi connectivity index (χ2n) is 4.62. The van der Waals surface area contributed by atoms with E-state index in [0.717, 1.165) is 15.9 Å². The van der Waals surface area contributed by atoms with Gasteiger partial charge in [0.25, 0.3) is 0 Å². The summed E-state index contributed by atoms with van der Waals surface area (Å²) in [7, 11) is 0. The van der Waals surface area contributed by atoms with Crippen LogP contribution in [0.3, 0.4) is 0 Å². The van der Waals surface area contributed by atoms with E-state index in [9.17, 15) is 4.79 Å². The zero-order chi connectivity index (χ0) is 13.8. The average molecular weight is 275 g/mol. The van der Waals surface area contributed by atoms with Gasteiger partial charge in [0, 0.05) is 11.4 Å². The Hall–Kier alpha value is -1.62. The Morgan fingerprint density at radius 3 is 2.68 bits per heavy atom. The maximum atomic E-state index is 11.9. The van der Waals surface area contributed by atoms with Gasteiger partial charge in [0.2, 0.25) is 5.91 Å². The lowest BCUT2D eigenvalue weighted by molar-refractivity contribution is -0.120. The number of aromatic nitrogens is 2. The Labute approximate surface area is 117 Å². The highest BCUT2D eigenvalue weighted by Gasteiger charge is 2.17. The molecule has 0 fully saturated rings. The third-order valence-electron chi connectivity index (χ3n) is 2.59. The second kappa shape index (κ2) is 6.02. The van der Waals surface area contributed by atoms with Crippen LogP contribution < -0.4 is 5.32 Å². The third-order valence-corrected chi connectivity index (χ3v) is 3.71. The summed E-state index contributed by atoms with van der Waals surface area (Å²) in [6, 6.07) is 7.97. The van der Waals surface area contributed by atoms with Crippen molar-refractivity contribution in [1.82, 2.24) is 15.3 Å². The van der Waals surface area contributed by atoms with Crippen LogP contribution in [-0.2, 0) is 4.79 Å². The van der Waals surface area contributed by atoms with Crippen LogP contribution in [0.15, 0.2) is 35.6 Å². The zero-order valence-electron chi connectivity index (χ0n) is 11.3. The van der Waals surface area contributed by atoms with Crippen LogP contribution in [0.1, 0.15) is 20.8 Å². The number of nitrogens with one attached hydrogen (secondary N) is 1. The number of nitrogens with zero attached hydrogens (tertiary/aromatic N) is 2. The fourth-order valence-electron chi connectivity index (χ4n) is 1.70. The first-order chi connectivity index (χ1) is 9.08.